The van der Waals surface area contributed by atoms with Crippen molar-refractivity contribution in [2.24, 2.45) is 5.41 Å². The van der Waals surface area contributed by atoms with E-state index in [1.165, 1.54) is 6.42 Å². The number of hydrogen-bond donors (Lipinski definition) is 1. The van der Waals surface area contributed by atoms with Crippen LogP contribution in [-0.2, 0) is 4.74 Å². The maximum atomic E-state index is 12.0. The SMILES string of the molecule is CCCCC(CC)(CCCOCC(F)(F)F)CNCC. The molecule has 20 heavy (non-hydrogen) atoms. The highest BCUT2D eigenvalue weighted by molar-refractivity contribution is 4.80. The summed E-state index contributed by atoms with van der Waals surface area (Å²) in [5.74, 6) is 0. The zero-order valence-corrected chi connectivity index (χ0v) is 13.1. The van der Waals surface area contributed by atoms with E-state index in [0.29, 0.717) is 6.42 Å². The van der Waals surface area contributed by atoms with Crippen LogP contribution in [0.5, 0.6) is 0 Å². The number of halogens is 3. The van der Waals surface area contributed by atoms with Gasteiger partial charge in [-0.05, 0) is 37.6 Å². The first kappa shape index (κ1) is 19.7. The highest BCUT2D eigenvalue weighted by Gasteiger charge is 2.28. The highest BCUT2D eigenvalue weighted by atomic mass is 19.4. The largest absolute Gasteiger partial charge is 0.411 e. The number of unbranched alkanes of at least 4 members (excludes halogenated alkanes) is 1. The van der Waals surface area contributed by atoms with Gasteiger partial charge in [0.05, 0.1) is 0 Å². The number of hydrogen-bond acceptors (Lipinski definition) is 2. The molecule has 0 radical (unpaired) electrons. The van der Waals surface area contributed by atoms with Crippen molar-refractivity contribution in [1.82, 2.24) is 5.32 Å². The van der Waals surface area contributed by atoms with Crippen molar-refractivity contribution in [1.29, 1.82) is 0 Å². The average molecular weight is 297 g/mol. The van der Waals surface area contributed by atoms with E-state index in [2.05, 4.69) is 26.1 Å². The third-order valence-electron chi connectivity index (χ3n) is 3.82. The van der Waals surface area contributed by atoms with Crippen molar-refractivity contribution in [3.05, 3.63) is 0 Å². The zero-order chi connectivity index (χ0) is 15.5. The number of ether oxygens (including phenoxy) is 1. The Balaban J connectivity index is 4.13. The summed E-state index contributed by atoms with van der Waals surface area (Å²) in [7, 11) is 0. The third kappa shape index (κ3) is 9.59. The molecule has 1 unspecified atom stereocenters. The van der Waals surface area contributed by atoms with Gasteiger partial charge in [0, 0.05) is 13.2 Å². The quantitative estimate of drug-likeness (QED) is 0.534. The van der Waals surface area contributed by atoms with E-state index in [9.17, 15) is 13.2 Å². The normalized spacial score (nSPS) is 15.3. The van der Waals surface area contributed by atoms with E-state index in [0.717, 1.165) is 38.8 Å². The fraction of sp³-hybridized carbons (Fsp3) is 1.00. The molecule has 0 rings (SSSR count). The van der Waals surface area contributed by atoms with E-state index < -0.39 is 12.8 Å². The second-order valence-corrected chi connectivity index (χ2v) is 5.51. The maximum Gasteiger partial charge on any atom is 0.411 e. The van der Waals surface area contributed by atoms with Crippen molar-refractivity contribution >= 4 is 0 Å². The summed E-state index contributed by atoms with van der Waals surface area (Å²) in [4.78, 5) is 0. The van der Waals surface area contributed by atoms with Crippen LogP contribution in [0.2, 0.25) is 0 Å². The summed E-state index contributed by atoms with van der Waals surface area (Å²) < 4.78 is 40.6. The predicted octanol–water partition coefficient (Wildman–Crippen LogP) is 4.54. The smallest absolute Gasteiger partial charge is 0.372 e. The number of rotatable bonds is 12. The molecule has 0 spiro atoms. The van der Waals surface area contributed by atoms with Gasteiger partial charge in [0.15, 0.2) is 0 Å². The Morgan fingerprint density at radius 2 is 1.65 bits per heavy atom. The number of alkyl halides is 3. The predicted molar refractivity (Wildman–Crippen MR) is 76.9 cm³/mol. The van der Waals surface area contributed by atoms with Crippen LogP contribution in [0, 0.1) is 5.41 Å². The Morgan fingerprint density at radius 1 is 1.00 bits per heavy atom. The van der Waals surface area contributed by atoms with Crippen molar-refractivity contribution in [2.75, 3.05) is 26.3 Å². The summed E-state index contributed by atoms with van der Waals surface area (Å²) >= 11 is 0. The lowest BCUT2D eigenvalue weighted by Gasteiger charge is -2.33. The Bertz CT molecular complexity index is 224. The molecule has 1 atom stereocenters. The van der Waals surface area contributed by atoms with Crippen LogP contribution >= 0.6 is 0 Å². The van der Waals surface area contributed by atoms with Gasteiger partial charge in [-0.2, -0.15) is 13.2 Å². The first-order valence-corrected chi connectivity index (χ1v) is 7.74. The summed E-state index contributed by atoms with van der Waals surface area (Å²) in [6.07, 6.45) is 1.91. The first-order valence-electron chi connectivity index (χ1n) is 7.74. The zero-order valence-electron chi connectivity index (χ0n) is 13.1. The fourth-order valence-electron chi connectivity index (χ4n) is 2.46. The summed E-state index contributed by atoms with van der Waals surface area (Å²) in [5, 5.41) is 3.39. The molecule has 0 amide bonds. The molecule has 0 fully saturated rings. The van der Waals surface area contributed by atoms with E-state index in [1.807, 2.05) is 0 Å². The van der Waals surface area contributed by atoms with Gasteiger partial charge in [-0.25, -0.2) is 0 Å². The van der Waals surface area contributed by atoms with Crippen LogP contribution in [-0.4, -0.2) is 32.5 Å². The molecule has 0 aliphatic heterocycles. The lowest BCUT2D eigenvalue weighted by atomic mass is 9.76. The van der Waals surface area contributed by atoms with Crippen LogP contribution in [0.1, 0.15) is 59.3 Å². The molecule has 0 heterocycles. The van der Waals surface area contributed by atoms with E-state index >= 15 is 0 Å². The van der Waals surface area contributed by atoms with Crippen LogP contribution in [0.25, 0.3) is 0 Å². The van der Waals surface area contributed by atoms with Gasteiger partial charge < -0.3 is 10.1 Å². The van der Waals surface area contributed by atoms with Gasteiger partial charge in [-0.3, -0.25) is 0 Å². The monoisotopic (exact) mass is 297 g/mol. The van der Waals surface area contributed by atoms with Gasteiger partial charge in [0.2, 0.25) is 0 Å². The molecule has 122 valence electrons. The summed E-state index contributed by atoms with van der Waals surface area (Å²) in [6.45, 7) is 7.35. The Hall–Kier alpha value is -0.290. The molecule has 2 nitrogen and oxygen atoms in total. The van der Waals surface area contributed by atoms with Crippen LogP contribution in [0.3, 0.4) is 0 Å². The van der Waals surface area contributed by atoms with Gasteiger partial charge in [-0.15, -0.1) is 0 Å². The molecule has 0 aliphatic rings. The average Bonchev–Trinajstić information content (AvgIpc) is 2.40. The molecule has 0 aromatic heterocycles. The minimum absolute atomic E-state index is 0.194. The van der Waals surface area contributed by atoms with Gasteiger partial charge >= 0.3 is 6.18 Å². The second-order valence-electron chi connectivity index (χ2n) is 5.51. The maximum absolute atomic E-state index is 12.0. The Morgan fingerprint density at radius 3 is 2.15 bits per heavy atom. The van der Waals surface area contributed by atoms with E-state index in [1.54, 1.807) is 0 Å². The standard InChI is InChI=1S/C15H30F3NO/c1-4-7-9-14(5-2,12-19-6-3)10-8-11-20-13-15(16,17)18/h19H,4-13H2,1-3H3. The molecular weight excluding hydrogens is 267 g/mol. The molecule has 0 saturated carbocycles. The molecule has 5 heteroatoms. The highest BCUT2D eigenvalue weighted by Crippen LogP contribution is 2.33. The van der Waals surface area contributed by atoms with E-state index in [-0.39, 0.29) is 12.0 Å². The van der Waals surface area contributed by atoms with Crippen molar-refractivity contribution in [2.45, 2.75) is 65.5 Å². The third-order valence-corrected chi connectivity index (χ3v) is 3.82. The first-order chi connectivity index (χ1) is 9.39. The van der Waals surface area contributed by atoms with Crippen LogP contribution in [0.15, 0.2) is 0 Å². The fourth-order valence-corrected chi connectivity index (χ4v) is 2.46. The van der Waals surface area contributed by atoms with Gasteiger partial charge in [0.1, 0.15) is 6.61 Å². The molecule has 0 saturated heterocycles. The van der Waals surface area contributed by atoms with Gasteiger partial charge in [-0.1, -0.05) is 33.6 Å². The minimum Gasteiger partial charge on any atom is -0.372 e. The topological polar surface area (TPSA) is 21.3 Å². The summed E-state index contributed by atoms with van der Waals surface area (Å²) in [5.41, 5.74) is 0.202. The van der Waals surface area contributed by atoms with Gasteiger partial charge in [0.25, 0.3) is 0 Å². The molecule has 0 bridgehead atoms. The van der Waals surface area contributed by atoms with Crippen molar-refractivity contribution in [3.8, 4) is 0 Å². The number of nitrogens with one attached hydrogen (secondary N) is 1. The molecule has 0 aliphatic carbocycles. The Kier molecular flexibility index (Phi) is 10.3. The molecule has 1 N–H and O–H groups in total. The summed E-state index contributed by atoms with van der Waals surface area (Å²) in [6, 6.07) is 0. The van der Waals surface area contributed by atoms with Crippen molar-refractivity contribution < 1.29 is 17.9 Å². The lowest BCUT2D eigenvalue weighted by molar-refractivity contribution is -0.174. The second kappa shape index (κ2) is 10.4. The molecule has 0 aromatic rings. The minimum atomic E-state index is -4.21. The van der Waals surface area contributed by atoms with E-state index in [4.69, 9.17) is 4.74 Å². The molecular formula is C15H30F3NO. The molecule has 0 aromatic carbocycles. The van der Waals surface area contributed by atoms with Crippen LogP contribution < -0.4 is 5.32 Å². The van der Waals surface area contributed by atoms with Crippen LogP contribution in [0.4, 0.5) is 13.2 Å². The Labute approximate surface area is 121 Å². The lowest BCUT2D eigenvalue weighted by Crippen LogP contribution is -2.34. The van der Waals surface area contributed by atoms with Crippen molar-refractivity contribution in [3.63, 3.8) is 0 Å².